The molecule has 0 bridgehead atoms. The van der Waals surface area contributed by atoms with Crippen molar-refractivity contribution in [2.45, 2.75) is 38.7 Å². The van der Waals surface area contributed by atoms with Gasteiger partial charge in [-0.25, -0.2) is 0 Å². The van der Waals surface area contributed by atoms with Crippen LogP contribution in [0.1, 0.15) is 27.2 Å². The van der Waals surface area contributed by atoms with Crippen LogP contribution in [0.4, 0.5) is 13.2 Å². The number of nitrogens with one attached hydrogen (secondary N) is 1. The van der Waals surface area contributed by atoms with E-state index in [1.807, 2.05) is 20.8 Å². The highest BCUT2D eigenvalue weighted by Gasteiger charge is 2.27. The van der Waals surface area contributed by atoms with Gasteiger partial charge in [0, 0.05) is 11.9 Å². The summed E-state index contributed by atoms with van der Waals surface area (Å²) < 4.78 is 35.2. The van der Waals surface area contributed by atoms with Crippen LogP contribution in [-0.2, 0) is 0 Å². The Labute approximate surface area is 88.0 Å². The van der Waals surface area contributed by atoms with Crippen molar-refractivity contribution in [1.29, 1.82) is 0 Å². The lowest BCUT2D eigenvalue weighted by atomic mass is 9.90. The molecule has 0 rings (SSSR count). The van der Waals surface area contributed by atoms with Crippen molar-refractivity contribution in [3.8, 4) is 0 Å². The summed E-state index contributed by atoms with van der Waals surface area (Å²) in [7, 11) is 0. The Morgan fingerprint density at radius 1 is 1.21 bits per heavy atom. The van der Waals surface area contributed by atoms with Crippen molar-refractivity contribution in [2.24, 2.45) is 5.41 Å². The maximum atomic E-state index is 11.7. The van der Waals surface area contributed by atoms with Crippen LogP contribution in [0.15, 0.2) is 0 Å². The lowest BCUT2D eigenvalue weighted by molar-refractivity contribution is -0.124. The molecule has 1 atom stereocenters. The summed E-state index contributed by atoms with van der Waals surface area (Å²) >= 11 is 5.86. The van der Waals surface area contributed by atoms with Gasteiger partial charge in [-0.05, 0) is 11.8 Å². The van der Waals surface area contributed by atoms with Gasteiger partial charge in [0.05, 0.1) is 6.54 Å². The highest BCUT2D eigenvalue weighted by atomic mass is 35.5. The second-order valence-corrected chi connectivity index (χ2v) is 5.23. The van der Waals surface area contributed by atoms with E-state index >= 15 is 0 Å². The summed E-state index contributed by atoms with van der Waals surface area (Å²) in [6, 6.07) is 0. The fourth-order valence-corrected chi connectivity index (χ4v) is 1.68. The van der Waals surface area contributed by atoms with Crippen molar-refractivity contribution >= 4 is 11.6 Å². The largest absolute Gasteiger partial charge is 0.401 e. The van der Waals surface area contributed by atoms with Gasteiger partial charge in [0.15, 0.2) is 0 Å². The van der Waals surface area contributed by atoms with Crippen LogP contribution in [-0.4, -0.2) is 24.6 Å². The van der Waals surface area contributed by atoms with Gasteiger partial charge in [-0.2, -0.15) is 13.2 Å². The van der Waals surface area contributed by atoms with Crippen molar-refractivity contribution < 1.29 is 13.2 Å². The van der Waals surface area contributed by atoms with Gasteiger partial charge < -0.3 is 5.32 Å². The van der Waals surface area contributed by atoms with E-state index in [4.69, 9.17) is 11.6 Å². The van der Waals surface area contributed by atoms with Crippen molar-refractivity contribution in [2.75, 3.05) is 13.1 Å². The Balaban J connectivity index is 3.60. The van der Waals surface area contributed by atoms with Gasteiger partial charge in [-0.1, -0.05) is 20.8 Å². The SMILES string of the molecule is CC(C)(C)CC(Cl)CNCC(F)(F)F. The first-order valence-electron chi connectivity index (χ1n) is 4.52. The minimum absolute atomic E-state index is 0.0479. The first-order chi connectivity index (χ1) is 6.10. The second kappa shape index (κ2) is 5.21. The van der Waals surface area contributed by atoms with E-state index in [0.29, 0.717) is 6.42 Å². The lowest BCUT2D eigenvalue weighted by Gasteiger charge is -2.22. The number of hydrogen-bond donors (Lipinski definition) is 1. The lowest BCUT2D eigenvalue weighted by Crippen LogP contribution is -2.34. The minimum Gasteiger partial charge on any atom is -0.307 e. The van der Waals surface area contributed by atoms with Crippen LogP contribution in [0, 0.1) is 5.41 Å². The topological polar surface area (TPSA) is 12.0 Å². The summed E-state index contributed by atoms with van der Waals surface area (Å²) in [5.74, 6) is 0. The number of hydrogen-bond acceptors (Lipinski definition) is 1. The van der Waals surface area contributed by atoms with Crippen LogP contribution < -0.4 is 5.32 Å². The van der Waals surface area contributed by atoms with Gasteiger partial charge in [-0.3, -0.25) is 0 Å². The standard InChI is InChI=1S/C9H17ClF3N/c1-8(2,3)4-7(10)5-14-6-9(11,12)13/h7,14H,4-6H2,1-3H3. The molecule has 0 aliphatic heterocycles. The summed E-state index contributed by atoms with van der Waals surface area (Å²) in [6.07, 6.45) is -3.46. The molecular weight excluding hydrogens is 215 g/mol. The Morgan fingerprint density at radius 3 is 2.07 bits per heavy atom. The molecule has 0 radical (unpaired) electrons. The monoisotopic (exact) mass is 231 g/mol. The fourth-order valence-electron chi connectivity index (χ4n) is 1.11. The van der Waals surface area contributed by atoms with Gasteiger partial charge in [-0.15, -0.1) is 11.6 Å². The van der Waals surface area contributed by atoms with E-state index in [2.05, 4.69) is 5.32 Å². The molecule has 86 valence electrons. The van der Waals surface area contributed by atoms with E-state index in [9.17, 15) is 13.2 Å². The second-order valence-electron chi connectivity index (χ2n) is 4.61. The fraction of sp³-hybridized carbons (Fsp3) is 1.00. The summed E-state index contributed by atoms with van der Waals surface area (Å²) in [5.41, 5.74) is 0.0479. The zero-order valence-electron chi connectivity index (χ0n) is 8.71. The average molecular weight is 232 g/mol. The van der Waals surface area contributed by atoms with Crippen LogP contribution >= 0.6 is 11.6 Å². The van der Waals surface area contributed by atoms with E-state index in [1.165, 1.54) is 0 Å². The molecule has 0 saturated carbocycles. The normalized spacial score (nSPS) is 15.6. The predicted octanol–water partition coefficient (Wildman–Crippen LogP) is 3.18. The first-order valence-corrected chi connectivity index (χ1v) is 4.95. The van der Waals surface area contributed by atoms with E-state index < -0.39 is 12.7 Å². The molecular formula is C9H17ClF3N. The smallest absolute Gasteiger partial charge is 0.307 e. The van der Waals surface area contributed by atoms with Crippen molar-refractivity contribution in [3.05, 3.63) is 0 Å². The highest BCUT2D eigenvalue weighted by Crippen LogP contribution is 2.23. The molecule has 5 heteroatoms. The van der Waals surface area contributed by atoms with E-state index in [-0.39, 0.29) is 17.3 Å². The van der Waals surface area contributed by atoms with Gasteiger partial charge >= 0.3 is 6.18 Å². The molecule has 0 spiro atoms. The maximum absolute atomic E-state index is 11.7. The molecule has 14 heavy (non-hydrogen) atoms. The molecule has 0 aromatic rings. The Hall–Kier alpha value is 0.0400. The van der Waals surface area contributed by atoms with Crippen LogP contribution in [0.3, 0.4) is 0 Å². The third-order valence-corrected chi connectivity index (χ3v) is 1.83. The van der Waals surface area contributed by atoms with E-state index in [0.717, 1.165) is 0 Å². The molecule has 0 aliphatic carbocycles. The van der Waals surface area contributed by atoms with Crippen molar-refractivity contribution in [1.82, 2.24) is 5.32 Å². The molecule has 1 unspecified atom stereocenters. The van der Waals surface area contributed by atoms with Gasteiger partial charge in [0.25, 0.3) is 0 Å². The van der Waals surface area contributed by atoms with Gasteiger partial charge in [0.1, 0.15) is 0 Å². The van der Waals surface area contributed by atoms with Gasteiger partial charge in [0.2, 0.25) is 0 Å². The Morgan fingerprint density at radius 2 is 1.71 bits per heavy atom. The summed E-state index contributed by atoms with van der Waals surface area (Å²) in [6.45, 7) is 5.24. The maximum Gasteiger partial charge on any atom is 0.401 e. The average Bonchev–Trinajstić information content (AvgIpc) is 1.78. The number of rotatable bonds is 4. The molecule has 0 aromatic heterocycles. The molecule has 0 fully saturated rings. The molecule has 1 nitrogen and oxygen atoms in total. The van der Waals surface area contributed by atoms with Crippen molar-refractivity contribution in [3.63, 3.8) is 0 Å². The molecule has 0 aromatic carbocycles. The van der Waals surface area contributed by atoms with E-state index in [1.54, 1.807) is 0 Å². The summed E-state index contributed by atoms with van der Waals surface area (Å²) in [4.78, 5) is 0. The van der Waals surface area contributed by atoms with Crippen LogP contribution in [0.25, 0.3) is 0 Å². The quantitative estimate of drug-likeness (QED) is 0.733. The number of halogens is 4. The molecule has 0 amide bonds. The molecule has 0 saturated heterocycles. The third kappa shape index (κ3) is 10.1. The predicted molar refractivity (Wildman–Crippen MR) is 52.6 cm³/mol. The zero-order valence-corrected chi connectivity index (χ0v) is 9.47. The number of alkyl halides is 4. The molecule has 1 N–H and O–H groups in total. The van der Waals surface area contributed by atoms with Crippen LogP contribution in [0.5, 0.6) is 0 Å². The molecule has 0 heterocycles. The Kier molecular flexibility index (Phi) is 5.23. The zero-order chi connectivity index (χ0) is 11.4. The molecule has 0 aliphatic rings. The Bertz CT molecular complexity index is 162. The first kappa shape index (κ1) is 14.0. The minimum atomic E-state index is -4.15. The summed E-state index contributed by atoms with van der Waals surface area (Å²) in [5, 5.41) is 2.04. The van der Waals surface area contributed by atoms with Crippen LogP contribution in [0.2, 0.25) is 0 Å². The highest BCUT2D eigenvalue weighted by molar-refractivity contribution is 6.20. The third-order valence-electron chi connectivity index (χ3n) is 1.53.